The fourth-order valence-corrected chi connectivity index (χ4v) is 1.83. The zero-order valence-corrected chi connectivity index (χ0v) is 11.2. The standard InChI is InChI=1S/C11H23NO2S/c1-9(8-15-5)6-12-7-10(13)14-11(2,3)4/h9,12H,6-8H2,1-5H3. The highest BCUT2D eigenvalue weighted by atomic mass is 32.2. The summed E-state index contributed by atoms with van der Waals surface area (Å²) in [5.74, 6) is 1.52. The molecule has 0 spiro atoms. The van der Waals surface area contributed by atoms with Gasteiger partial charge in [0.1, 0.15) is 5.60 Å². The molecule has 0 bridgehead atoms. The molecule has 4 heteroatoms. The zero-order valence-electron chi connectivity index (χ0n) is 10.4. The maximum Gasteiger partial charge on any atom is 0.320 e. The molecule has 0 saturated carbocycles. The van der Waals surface area contributed by atoms with Crippen molar-refractivity contribution in [2.45, 2.75) is 33.3 Å². The number of ether oxygens (including phenoxy) is 1. The molecule has 0 fully saturated rings. The number of hydrogen-bond donors (Lipinski definition) is 1. The summed E-state index contributed by atoms with van der Waals surface area (Å²) in [6.45, 7) is 8.96. The smallest absolute Gasteiger partial charge is 0.320 e. The van der Waals surface area contributed by atoms with Crippen molar-refractivity contribution in [3.8, 4) is 0 Å². The van der Waals surface area contributed by atoms with E-state index in [1.165, 1.54) is 0 Å². The van der Waals surface area contributed by atoms with Crippen LogP contribution in [0.15, 0.2) is 0 Å². The largest absolute Gasteiger partial charge is 0.459 e. The van der Waals surface area contributed by atoms with Crippen molar-refractivity contribution in [2.24, 2.45) is 5.92 Å². The van der Waals surface area contributed by atoms with Gasteiger partial charge in [-0.05, 0) is 45.2 Å². The summed E-state index contributed by atoms with van der Waals surface area (Å²) in [4.78, 5) is 11.3. The predicted octanol–water partition coefficient (Wildman–Crippen LogP) is 1.92. The highest BCUT2D eigenvalue weighted by molar-refractivity contribution is 7.98. The number of carbonyl (C=O) groups is 1. The average Bonchev–Trinajstić information content (AvgIpc) is 2.00. The van der Waals surface area contributed by atoms with Crippen molar-refractivity contribution in [1.82, 2.24) is 5.32 Å². The molecule has 0 aromatic rings. The Bertz CT molecular complexity index is 190. The first kappa shape index (κ1) is 14.8. The Kier molecular flexibility index (Phi) is 7.02. The van der Waals surface area contributed by atoms with Gasteiger partial charge in [-0.15, -0.1) is 0 Å². The SMILES string of the molecule is CSCC(C)CNCC(=O)OC(C)(C)C. The van der Waals surface area contributed by atoms with E-state index in [1.54, 1.807) is 0 Å². The third-order valence-corrected chi connectivity index (χ3v) is 2.54. The van der Waals surface area contributed by atoms with Crippen LogP contribution in [0, 0.1) is 5.92 Å². The normalized spacial score (nSPS) is 13.7. The van der Waals surface area contributed by atoms with Gasteiger partial charge in [0, 0.05) is 0 Å². The van der Waals surface area contributed by atoms with Crippen LogP contribution in [-0.4, -0.2) is 36.7 Å². The Morgan fingerprint density at radius 2 is 2.07 bits per heavy atom. The van der Waals surface area contributed by atoms with Crippen LogP contribution in [0.3, 0.4) is 0 Å². The van der Waals surface area contributed by atoms with Crippen molar-refractivity contribution in [3.63, 3.8) is 0 Å². The van der Waals surface area contributed by atoms with Crippen molar-refractivity contribution < 1.29 is 9.53 Å². The van der Waals surface area contributed by atoms with E-state index in [9.17, 15) is 4.79 Å². The summed E-state index contributed by atoms with van der Waals surface area (Å²) >= 11 is 1.82. The minimum Gasteiger partial charge on any atom is -0.459 e. The number of thioether (sulfide) groups is 1. The van der Waals surface area contributed by atoms with E-state index in [0.717, 1.165) is 12.3 Å². The van der Waals surface area contributed by atoms with Crippen LogP contribution in [0.25, 0.3) is 0 Å². The third-order valence-electron chi connectivity index (χ3n) is 1.63. The molecule has 90 valence electrons. The van der Waals surface area contributed by atoms with E-state index in [2.05, 4.69) is 18.5 Å². The van der Waals surface area contributed by atoms with E-state index < -0.39 is 0 Å². The lowest BCUT2D eigenvalue weighted by molar-refractivity contribution is -0.153. The van der Waals surface area contributed by atoms with Crippen molar-refractivity contribution in [1.29, 1.82) is 0 Å². The molecule has 0 aliphatic carbocycles. The third kappa shape index (κ3) is 10.1. The minimum atomic E-state index is -0.385. The number of esters is 1. The number of rotatable bonds is 6. The fraction of sp³-hybridized carbons (Fsp3) is 0.909. The lowest BCUT2D eigenvalue weighted by atomic mass is 10.2. The van der Waals surface area contributed by atoms with E-state index in [-0.39, 0.29) is 11.6 Å². The summed E-state index contributed by atoms with van der Waals surface area (Å²) in [5, 5.41) is 3.10. The Morgan fingerprint density at radius 3 is 2.53 bits per heavy atom. The second kappa shape index (κ2) is 7.12. The topological polar surface area (TPSA) is 38.3 Å². The molecule has 3 nitrogen and oxygen atoms in total. The molecule has 0 aromatic carbocycles. The van der Waals surface area contributed by atoms with Gasteiger partial charge >= 0.3 is 5.97 Å². The van der Waals surface area contributed by atoms with Gasteiger partial charge in [0.15, 0.2) is 0 Å². The zero-order chi connectivity index (χ0) is 11.9. The lowest BCUT2D eigenvalue weighted by Crippen LogP contribution is -2.33. The maximum absolute atomic E-state index is 11.3. The van der Waals surface area contributed by atoms with Crippen LogP contribution in [-0.2, 0) is 9.53 Å². The van der Waals surface area contributed by atoms with Crippen LogP contribution in [0.1, 0.15) is 27.7 Å². The summed E-state index contributed by atoms with van der Waals surface area (Å²) in [5.41, 5.74) is -0.385. The predicted molar refractivity (Wildman–Crippen MR) is 66.3 cm³/mol. The Morgan fingerprint density at radius 1 is 1.47 bits per heavy atom. The number of carbonyl (C=O) groups excluding carboxylic acids is 1. The summed E-state index contributed by atoms with van der Waals surface area (Å²) < 4.78 is 5.17. The first-order valence-corrected chi connectivity index (χ1v) is 6.66. The molecule has 0 saturated heterocycles. The van der Waals surface area contributed by atoms with E-state index in [1.807, 2.05) is 32.5 Å². The molecule has 1 N–H and O–H groups in total. The highest BCUT2D eigenvalue weighted by Crippen LogP contribution is 2.06. The molecule has 0 rings (SSSR count). The lowest BCUT2D eigenvalue weighted by Gasteiger charge is -2.20. The van der Waals surface area contributed by atoms with Gasteiger partial charge in [0.05, 0.1) is 6.54 Å². The Labute approximate surface area is 97.3 Å². The average molecular weight is 233 g/mol. The maximum atomic E-state index is 11.3. The van der Waals surface area contributed by atoms with Gasteiger partial charge < -0.3 is 10.1 Å². The van der Waals surface area contributed by atoms with E-state index >= 15 is 0 Å². The Balaban J connectivity index is 3.55. The van der Waals surface area contributed by atoms with Crippen LogP contribution >= 0.6 is 11.8 Å². The van der Waals surface area contributed by atoms with Gasteiger partial charge in [-0.3, -0.25) is 4.79 Å². The van der Waals surface area contributed by atoms with Crippen molar-refractivity contribution in [3.05, 3.63) is 0 Å². The van der Waals surface area contributed by atoms with Gasteiger partial charge in [-0.1, -0.05) is 6.92 Å². The molecule has 1 atom stereocenters. The van der Waals surface area contributed by atoms with Crippen LogP contribution in [0.2, 0.25) is 0 Å². The molecular weight excluding hydrogens is 210 g/mol. The molecule has 1 unspecified atom stereocenters. The van der Waals surface area contributed by atoms with Crippen LogP contribution < -0.4 is 5.32 Å². The van der Waals surface area contributed by atoms with Gasteiger partial charge in [0.2, 0.25) is 0 Å². The second-order valence-electron chi connectivity index (χ2n) is 4.78. The second-order valence-corrected chi connectivity index (χ2v) is 5.69. The highest BCUT2D eigenvalue weighted by Gasteiger charge is 2.15. The molecule has 0 amide bonds. The molecular formula is C11H23NO2S. The van der Waals surface area contributed by atoms with Crippen molar-refractivity contribution >= 4 is 17.7 Å². The van der Waals surface area contributed by atoms with Crippen molar-refractivity contribution in [2.75, 3.05) is 25.1 Å². The van der Waals surface area contributed by atoms with Crippen LogP contribution in [0.4, 0.5) is 0 Å². The van der Waals surface area contributed by atoms with Crippen LogP contribution in [0.5, 0.6) is 0 Å². The molecule has 15 heavy (non-hydrogen) atoms. The Hall–Kier alpha value is -0.220. The molecule has 0 aliphatic heterocycles. The van der Waals surface area contributed by atoms with E-state index in [0.29, 0.717) is 12.5 Å². The minimum absolute atomic E-state index is 0.182. The molecule has 0 aliphatic rings. The quantitative estimate of drug-likeness (QED) is 0.711. The molecule has 0 heterocycles. The van der Waals surface area contributed by atoms with Gasteiger partial charge in [-0.25, -0.2) is 0 Å². The fourth-order valence-electron chi connectivity index (χ4n) is 1.14. The molecule has 0 radical (unpaired) electrons. The first-order valence-electron chi connectivity index (χ1n) is 5.26. The number of nitrogens with one attached hydrogen (secondary N) is 1. The van der Waals surface area contributed by atoms with Gasteiger partial charge in [0.25, 0.3) is 0 Å². The van der Waals surface area contributed by atoms with Gasteiger partial charge in [-0.2, -0.15) is 11.8 Å². The summed E-state index contributed by atoms with van der Waals surface area (Å²) in [6.07, 6.45) is 2.09. The summed E-state index contributed by atoms with van der Waals surface area (Å²) in [6, 6.07) is 0. The summed E-state index contributed by atoms with van der Waals surface area (Å²) in [7, 11) is 0. The molecule has 0 aromatic heterocycles. The number of hydrogen-bond acceptors (Lipinski definition) is 4. The monoisotopic (exact) mass is 233 g/mol. The first-order chi connectivity index (χ1) is 6.85. The van der Waals surface area contributed by atoms with E-state index in [4.69, 9.17) is 4.74 Å².